The number of carbonyl (C=O) groups is 1. The van der Waals surface area contributed by atoms with Crippen LogP contribution in [-0.4, -0.2) is 28.6 Å². The summed E-state index contributed by atoms with van der Waals surface area (Å²) >= 11 is 0. The fraction of sp³-hybridized carbons (Fsp3) is 0.385. The Morgan fingerprint density at radius 2 is 2.33 bits per heavy atom. The topological polar surface area (TPSA) is 66.6 Å². The number of hydrogen-bond donors (Lipinski definition) is 1. The Kier molecular flexibility index (Phi) is 2.47. The van der Waals surface area contributed by atoms with Crippen molar-refractivity contribution in [1.29, 1.82) is 0 Å². The van der Waals surface area contributed by atoms with Gasteiger partial charge in [-0.1, -0.05) is 0 Å². The first-order chi connectivity index (χ1) is 8.69. The third kappa shape index (κ3) is 1.81. The fourth-order valence-corrected chi connectivity index (χ4v) is 2.10. The molecule has 0 saturated heterocycles. The van der Waals surface area contributed by atoms with Crippen LogP contribution in [0.5, 0.6) is 0 Å². The molecule has 0 atom stereocenters. The van der Waals surface area contributed by atoms with Crippen LogP contribution >= 0.6 is 0 Å². The zero-order valence-electron chi connectivity index (χ0n) is 10.1. The summed E-state index contributed by atoms with van der Waals surface area (Å²) in [5.41, 5.74) is 1.46. The van der Waals surface area contributed by atoms with Crippen LogP contribution in [0.15, 0.2) is 22.6 Å². The highest BCUT2D eigenvalue weighted by Gasteiger charge is 2.31. The van der Waals surface area contributed by atoms with Gasteiger partial charge < -0.3 is 14.4 Å². The van der Waals surface area contributed by atoms with Crippen molar-refractivity contribution in [2.24, 2.45) is 0 Å². The maximum atomic E-state index is 10.9. The predicted octanol–water partition coefficient (Wildman–Crippen LogP) is 2.51. The van der Waals surface area contributed by atoms with Crippen LogP contribution in [0.3, 0.4) is 0 Å². The highest BCUT2D eigenvalue weighted by Crippen LogP contribution is 2.32. The van der Waals surface area contributed by atoms with E-state index in [0.717, 1.165) is 6.54 Å². The number of rotatable bonds is 4. The molecule has 1 N–H and O–H groups in total. The number of carboxylic acid groups (broad SMARTS) is 1. The maximum absolute atomic E-state index is 10.9. The Balaban J connectivity index is 2.01. The van der Waals surface area contributed by atoms with Crippen molar-refractivity contribution in [1.82, 2.24) is 4.98 Å². The van der Waals surface area contributed by atoms with Gasteiger partial charge in [-0.15, -0.1) is 0 Å². The van der Waals surface area contributed by atoms with Crippen molar-refractivity contribution < 1.29 is 14.3 Å². The molecule has 0 spiro atoms. The van der Waals surface area contributed by atoms with E-state index in [2.05, 4.69) is 16.8 Å². The minimum absolute atomic E-state index is 0.222. The Hall–Kier alpha value is -2.04. The Morgan fingerprint density at radius 3 is 2.94 bits per heavy atom. The molecule has 0 bridgehead atoms. The molecule has 1 aromatic heterocycles. The van der Waals surface area contributed by atoms with Gasteiger partial charge in [-0.25, -0.2) is 4.79 Å². The first-order valence-corrected chi connectivity index (χ1v) is 6.09. The average molecular weight is 246 g/mol. The second kappa shape index (κ2) is 4.01. The number of anilines is 1. The molecular formula is C13H14N2O3. The van der Waals surface area contributed by atoms with Crippen LogP contribution in [0.1, 0.15) is 30.1 Å². The van der Waals surface area contributed by atoms with Gasteiger partial charge in [0.15, 0.2) is 5.58 Å². The Bertz CT molecular complexity index is 601. The molecule has 1 heterocycles. The van der Waals surface area contributed by atoms with E-state index in [0.29, 0.717) is 23.2 Å². The third-order valence-corrected chi connectivity index (χ3v) is 3.20. The van der Waals surface area contributed by atoms with E-state index in [4.69, 9.17) is 9.52 Å². The molecule has 3 rings (SSSR count). The van der Waals surface area contributed by atoms with E-state index in [1.807, 2.05) is 0 Å². The standard InChI is InChI=1S/C13H14N2O3/c1-2-15(9-4-5-9)13-14-10-6-3-8(12(16)17)7-11(10)18-13/h3,6-7,9H,2,4-5H2,1H3,(H,16,17). The molecule has 5 heteroatoms. The summed E-state index contributed by atoms with van der Waals surface area (Å²) in [6, 6.07) is 5.88. The molecule has 5 nitrogen and oxygen atoms in total. The number of oxazole rings is 1. The van der Waals surface area contributed by atoms with Crippen LogP contribution in [0.4, 0.5) is 6.01 Å². The van der Waals surface area contributed by atoms with Gasteiger partial charge >= 0.3 is 5.97 Å². The fourth-order valence-electron chi connectivity index (χ4n) is 2.10. The Morgan fingerprint density at radius 1 is 1.56 bits per heavy atom. The normalized spacial score (nSPS) is 14.9. The number of nitrogens with zero attached hydrogens (tertiary/aromatic N) is 2. The van der Waals surface area contributed by atoms with E-state index in [9.17, 15) is 4.79 Å². The summed E-state index contributed by atoms with van der Waals surface area (Å²) in [4.78, 5) is 17.4. The number of aromatic nitrogens is 1. The molecule has 1 fully saturated rings. The third-order valence-electron chi connectivity index (χ3n) is 3.20. The Labute approximate surface area is 104 Å². The lowest BCUT2D eigenvalue weighted by Gasteiger charge is -2.16. The minimum atomic E-state index is -0.954. The van der Waals surface area contributed by atoms with Gasteiger partial charge in [-0.05, 0) is 38.0 Å². The van der Waals surface area contributed by atoms with Gasteiger partial charge in [0.25, 0.3) is 6.01 Å². The molecule has 0 aliphatic heterocycles. The van der Waals surface area contributed by atoms with Crippen molar-refractivity contribution in [2.45, 2.75) is 25.8 Å². The lowest BCUT2D eigenvalue weighted by atomic mass is 10.2. The predicted molar refractivity (Wildman–Crippen MR) is 67.0 cm³/mol. The molecule has 1 aliphatic carbocycles. The number of carboxylic acids is 1. The summed E-state index contributed by atoms with van der Waals surface area (Å²) in [5, 5.41) is 8.93. The molecular weight excluding hydrogens is 232 g/mol. The monoisotopic (exact) mass is 246 g/mol. The minimum Gasteiger partial charge on any atom is -0.478 e. The lowest BCUT2D eigenvalue weighted by molar-refractivity contribution is 0.0697. The van der Waals surface area contributed by atoms with Gasteiger partial charge in [0.2, 0.25) is 0 Å². The maximum Gasteiger partial charge on any atom is 0.335 e. The molecule has 0 radical (unpaired) electrons. The summed E-state index contributed by atoms with van der Waals surface area (Å²) in [7, 11) is 0. The molecule has 94 valence electrons. The van der Waals surface area contributed by atoms with Gasteiger partial charge in [0.05, 0.1) is 5.56 Å². The van der Waals surface area contributed by atoms with Crippen molar-refractivity contribution in [3.63, 3.8) is 0 Å². The number of aromatic carboxylic acids is 1. The number of hydrogen-bond acceptors (Lipinski definition) is 4. The van der Waals surface area contributed by atoms with E-state index >= 15 is 0 Å². The number of benzene rings is 1. The SMILES string of the molecule is CCN(c1nc2ccc(C(=O)O)cc2o1)C1CC1. The van der Waals surface area contributed by atoms with Crippen molar-refractivity contribution in [3.8, 4) is 0 Å². The second-order valence-corrected chi connectivity index (χ2v) is 4.50. The summed E-state index contributed by atoms with van der Waals surface area (Å²) in [5.74, 6) is -0.954. The first-order valence-electron chi connectivity index (χ1n) is 6.09. The van der Waals surface area contributed by atoms with Gasteiger partial charge in [-0.3, -0.25) is 0 Å². The zero-order chi connectivity index (χ0) is 12.7. The molecule has 1 aliphatic rings. The van der Waals surface area contributed by atoms with Gasteiger partial charge in [0, 0.05) is 12.6 Å². The smallest absolute Gasteiger partial charge is 0.335 e. The van der Waals surface area contributed by atoms with Crippen LogP contribution < -0.4 is 4.90 Å². The molecule has 1 saturated carbocycles. The first kappa shape index (κ1) is 11.1. The van der Waals surface area contributed by atoms with Gasteiger partial charge in [-0.2, -0.15) is 4.98 Å². The van der Waals surface area contributed by atoms with E-state index in [1.54, 1.807) is 12.1 Å². The quantitative estimate of drug-likeness (QED) is 0.897. The largest absolute Gasteiger partial charge is 0.478 e. The number of fused-ring (bicyclic) bond motifs is 1. The van der Waals surface area contributed by atoms with Crippen molar-refractivity contribution in [3.05, 3.63) is 23.8 Å². The molecule has 18 heavy (non-hydrogen) atoms. The second-order valence-electron chi connectivity index (χ2n) is 4.50. The highest BCUT2D eigenvalue weighted by molar-refractivity contribution is 5.92. The van der Waals surface area contributed by atoms with Gasteiger partial charge in [0.1, 0.15) is 5.52 Å². The van der Waals surface area contributed by atoms with Crippen LogP contribution in [0.25, 0.3) is 11.1 Å². The van der Waals surface area contributed by atoms with Crippen molar-refractivity contribution in [2.75, 3.05) is 11.4 Å². The van der Waals surface area contributed by atoms with E-state index in [-0.39, 0.29) is 5.56 Å². The molecule has 0 unspecified atom stereocenters. The summed E-state index contributed by atoms with van der Waals surface area (Å²) in [6.07, 6.45) is 2.35. The van der Waals surface area contributed by atoms with Crippen molar-refractivity contribution >= 4 is 23.1 Å². The molecule has 2 aromatic rings. The molecule has 0 amide bonds. The van der Waals surface area contributed by atoms with E-state index < -0.39 is 5.97 Å². The zero-order valence-corrected chi connectivity index (χ0v) is 10.1. The highest BCUT2D eigenvalue weighted by atomic mass is 16.4. The van der Waals surface area contributed by atoms with Crippen LogP contribution in [0, 0.1) is 0 Å². The molecule has 1 aromatic carbocycles. The van der Waals surface area contributed by atoms with E-state index in [1.165, 1.54) is 18.9 Å². The lowest BCUT2D eigenvalue weighted by Crippen LogP contribution is -2.25. The summed E-state index contributed by atoms with van der Waals surface area (Å²) in [6.45, 7) is 2.92. The summed E-state index contributed by atoms with van der Waals surface area (Å²) < 4.78 is 5.66. The van der Waals surface area contributed by atoms with Crippen LogP contribution in [-0.2, 0) is 0 Å². The average Bonchev–Trinajstić information content (AvgIpc) is 3.08. The van der Waals surface area contributed by atoms with Crippen LogP contribution in [0.2, 0.25) is 0 Å².